The highest BCUT2D eigenvalue weighted by Gasteiger charge is 2.44. The van der Waals surface area contributed by atoms with Crippen LogP contribution >= 0.6 is 0 Å². The molecule has 0 unspecified atom stereocenters. The number of hydrogen-bond donors (Lipinski definition) is 0. The first-order chi connectivity index (χ1) is 5.37. The lowest BCUT2D eigenvalue weighted by molar-refractivity contribution is 0.0786. The molecule has 2 nitrogen and oxygen atoms in total. The second kappa shape index (κ2) is 2.31. The van der Waals surface area contributed by atoms with Crippen LogP contribution in [0.25, 0.3) is 0 Å². The van der Waals surface area contributed by atoms with Crippen LogP contribution in [0.4, 0.5) is 0 Å². The molecule has 0 amide bonds. The van der Waals surface area contributed by atoms with Gasteiger partial charge in [0.1, 0.15) is 0 Å². The Morgan fingerprint density at radius 1 is 1.55 bits per heavy atom. The Hall–Kier alpha value is -0.890. The molecule has 0 aliphatic heterocycles. The van der Waals surface area contributed by atoms with Gasteiger partial charge in [0.25, 0.3) is 0 Å². The average Bonchev–Trinajstić information content (AvgIpc) is 2.86. The molecule has 1 aromatic heterocycles. The summed E-state index contributed by atoms with van der Waals surface area (Å²) in [5.41, 5.74) is 1.23. The third-order valence-corrected chi connectivity index (χ3v) is 2.28. The lowest BCUT2D eigenvalue weighted by Gasteiger charge is -2.11. The van der Waals surface area contributed by atoms with Gasteiger partial charge >= 0.3 is 0 Å². The number of methoxy groups -OCH3 is 1. The van der Waals surface area contributed by atoms with Gasteiger partial charge in [-0.1, -0.05) is 6.07 Å². The number of ether oxygens (including phenoxy) is 1. The van der Waals surface area contributed by atoms with Gasteiger partial charge in [-0.3, -0.25) is 4.98 Å². The van der Waals surface area contributed by atoms with Crippen LogP contribution in [0.2, 0.25) is 0 Å². The lowest BCUT2D eigenvalue weighted by atomic mass is 10.1. The predicted molar refractivity (Wildman–Crippen MR) is 42.2 cm³/mol. The van der Waals surface area contributed by atoms with Crippen molar-refractivity contribution in [2.45, 2.75) is 18.4 Å². The molecule has 58 valence electrons. The van der Waals surface area contributed by atoms with Crippen LogP contribution in [-0.4, -0.2) is 12.1 Å². The van der Waals surface area contributed by atoms with Crippen LogP contribution in [0.3, 0.4) is 0 Å². The molecule has 1 aliphatic carbocycles. The normalized spacial score (nSPS) is 19.7. The van der Waals surface area contributed by atoms with Crippen molar-refractivity contribution >= 4 is 0 Å². The van der Waals surface area contributed by atoms with Gasteiger partial charge in [-0.15, -0.1) is 0 Å². The summed E-state index contributed by atoms with van der Waals surface area (Å²) >= 11 is 0. The van der Waals surface area contributed by atoms with Crippen LogP contribution < -0.4 is 0 Å². The van der Waals surface area contributed by atoms with Gasteiger partial charge in [0.2, 0.25) is 0 Å². The van der Waals surface area contributed by atoms with E-state index in [9.17, 15) is 0 Å². The molecule has 0 N–H and O–H groups in total. The third-order valence-electron chi connectivity index (χ3n) is 2.28. The summed E-state index contributed by atoms with van der Waals surface area (Å²) in [5.74, 6) is 0. The minimum Gasteiger partial charge on any atom is -0.373 e. The van der Waals surface area contributed by atoms with E-state index in [1.54, 1.807) is 13.3 Å². The summed E-state index contributed by atoms with van der Waals surface area (Å²) < 4.78 is 5.39. The first-order valence-corrected chi connectivity index (χ1v) is 3.83. The molecule has 2 rings (SSSR count). The second-order valence-electron chi connectivity index (χ2n) is 2.94. The maximum absolute atomic E-state index is 5.39. The molecular weight excluding hydrogens is 138 g/mol. The summed E-state index contributed by atoms with van der Waals surface area (Å²) in [7, 11) is 1.76. The molecule has 1 aromatic rings. The molecule has 0 spiro atoms. The van der Waals surface area contributed by atoms with Crippen LogP contribution in [-0.2, 0) is 10.3 Å². The quantitative estimate of drug-likeness (QED) is 0.638. The van der Waals surface area contributed by atoms with Crippen molar-refractivity contribution in [2.75, 3.05) is 7.11 Å². The zero-order valence-corrected chi connectivity index (χ0v) is 6.58. The summed E-state index contributed by atoms with van der Waals surface area (Å²) in [6.45, 7) is 0. The van der Waals surface area contributed by atoms with E-state index < -0.39 is 0 Å². The molecule has 2 heteroatoms. The van der Waals surface area contributed by atoms with Gasteiger partial charge in [-0.2, -0.15) is 0 Å². The predicted octanol–water partition coefficient (Wildman–Crippen LogP) is 1.72. The molecule has 0 bridgehead atoms. The first-order valence-electron chi connectivity index (χ1n) is 3.83. The van der Waals surface area contributed by atoms with E-state index in [0.29, 0.717) is 0 Å². The zero-order valence-electron chi connectivity index (χ0n) is 6.58. The second-order valence-corrected chi connectivity index (χ2v) is 2.94. The monoisotopic (exact) mass is 149 g/mol. The zero-order chi connectivity index (χ0) is 7.73. The van der Waals surface area contributed by atoms with Gasteiger partial charge in [0, 0.05) is 25.1 Å². The highest BCUT2D eigenvalue weighted by Crippen LogP contribution is 2.48. The van der Waals surface area contributed by atoms with E-state index in [1.165, 1.54) is 5.56 Å². The largest absolute Gasteiger partial charge is 0.373 e. The third kappa shape index (κ3) is 1.03. The summed E-state index contributed by atoms with van der Waals surface area (Å²) in [5, 5.41) is 0. The van der Waals surface area contributed by atoms with Crippen molar-refractivity contribution in [1.82, 2.24) is 4.98 Å². The van der Waals surface area contributed by atoms with Crippen LogP contribution in [0, 0.1) is 0 Å². The molecule has 1 aliphatic rings. The van der Waals surface area contributed by atoms with Gasteiger partial charge in [0.05, 0.1) is 5.60 Å². The van der Waals surface area contributed by atoms with Crippen LogP contribution in [0.1, 0.15) is 18.4 Å². The average molecular weight is 149 g/mol. The Morgan fingerprint density at radius 2 is 2.36 bits per heavy atom. The molecule has 1 heterocycles. The Balaban J connectivity index is 2.30. The van der Waals surface area contributed by atoms with E-state index >= 15 is 0 Å². The number of aromatic nitrogens is 1. The molecule has 1 saturated carbocycles. The van der Waals surface area contributed by atoms with Crippen LogP contribution in [0.5, 0.6) is 0 Å². The van der Waals surface area contributed by atoms with Crippen molar-refractivity contribution in [1.29, 1.82) is 0 Å². The van der Waals surface area contributed by atoms with E-state index in [4.69, 9.17) is 4.74 Å². The van der Waals surface area contributed by atoms with Crippen molar-refractivity contribution in [3.05, 3.63) is 30.1 Å². The van der Waals surface area contributed by atoms with Crippen molar-refractivity contribution < 1.29 is 4.74 Å². The summed E-state index contributed by atoms with van der Waals surface area (Å²) in [6, 6.07) is 4.03. The number of pyridine rings is 1. The topological polar surface area (TPSA) is 22.1 Å². The first kappa shape index (κ1) is 6.80. The molecule has 0 atom stereocenters. The molecule has 11 heavy (non-hydrogen) atoms. The SMILES string of the molecule is COC1(c2cccnc2)CC1. The van der Waals surface area contributed by atoms with Gasteiger partial charge in [0.15, 0.2) is 0 Å². The van der Waals surface area contributed by atoms with Crippen molar-refractivity contribution in [3.8, 4) is 0 Å². The van der Waals surface area contributed by atoms with E-state index in [2.05, 4.69) is 11.1 Å². The maximum Gasteiger partial charge on any atom is 0.0944 e. The minimum atomic E-state index is 0.0221. The molecule has 0 saturated heterocycles. The standard InChI is InChI=1S/C9H11NO/c1-11-9(4-5-9)8-3-2-6-10-7-8/h2-3,6-7H,4-5H2,1H3. The van der Waals surface area contributed by atoms with Crippen molar-refractivity contribution in [3.63, 3.8) is 0 Å². The van der Waals surface area contributed by atoms with Gasteiger partial charge < -0.3 is 4.74 Å². The number of rotatable bonds is 2. The molecular formula is C9H11NO. The maximum atomic E-state index is 5.39. The smallest absolute Gasteiger partial charge is 0.0944 e. The van der Waals surface area contributed by atoms with E-state index in [1.807, 2.05) is 12.3 Å². The number of nitrogens with zero attached hydrogens (tertiary/aromatic N) is 1. The van der Waals surface area contributed by atoms with Gasteiger partial charge in [-0.25, -0.2) is 0 Å². The lowest BCUT2D eigenvalue weighted by Crippen LogP contribution is -2.08. The fourth-order valence-electron chi connectivity index (χ4n) is 1.36. The molecule has 0 aromatic carbocycles. The Labute approximate surface area is 66.2 Å². The van der Waals surface area contributed by atoms with Crippen molar-refractivity contribution in [2.24, 2.45) is 0 Å². The fourth-order valence-corrected chi connectivity index (χ4v) is 1.36. The van der Waals surface area contributed by atoms with Gasteiger partial charge in [-0.05, 0) is 18.9 Å². The summed E-state index contributed by atoms with van der Waals surface area (Å²) in [6.07, 6.45) is 5.94. The summed E-state index contributed by atoms with van der Waals surface area (Å²) in [4.78, 5) is 4.06. The Morgan fingerprint density at radius 3 is 2.82 bits per heavy atom. The highest BCUT2D eigenvalue weighted by molar-refractivity contribution is 5.24. The molecule has 1 fully saturated rings. The Bertz CT molecular complexity index is 241. The fraction of sp³-hybridized carbons (Fsp3) is 0.444. The molecule has 0 radical (unpaired) electrons. The van der Waals surface area contributed by atoms with E-state index in [0.717, 1.165) is 12.8 Å². The van der Waals surface area contributed by atoms with Crippen LogP contribution in [0.15, 0.2) is 24.5 Å². The highest BCUT2D eigenvalue weighted by atomic mass is 16.5. The van der Waals surface area contributed by atoms with E-state index in [-0.39, 0.29) is 5.60 Å². The Kier molecular flexibility index (Phi) is 1.43. The number of hydrogen-bond acceptors (Lipinski definition) is 2. The minimum absolute atomic E-state index is 0.0221.